The average molecular weight is 494 g/mol. The van der Waals surface area contributed by atoms with Crippen molar-refractivity contribution in [1.29, 1.82) is 0 Å². The van der Waals surface area contributed by atoms with E-state index in [1.165, 1.54) is 0 Å². The molecule has 0 bridgehead atoms. The van der Waals surface area contributed by atoms with Gasteiger partial charge >= 0.3 is 0 Å². The zero-order chi connectivity index (χ0) is 25.0. The third-order valence-corrected chi connectivity index (χ3v) is 6.15. The van der Waals surface area contributed by atoms with Crippen molar-refractivity contribution >= 4 is 29.1 Å². The van der Waals surface area contributed by atoms with Gasteiger partial charge in [-0.2, -0.15) is 0 Å². The Kier molecular flexibility index (Phi) is 7.28. The van der Waals surface area contributed by atoms with Crippen LogP contribution in [-0.2, 0) is 6.54 Å². The van der Waals surface area contributed by atoms with Crippen LogP contribution in [0.1, 0.15) is 40.1 Å². The first-order valence-electron chi connectivity index (χ1n) is 11.3. The van der Waals surface area contributed by atoms with Crippen LogP contribution in [0.2, 0.25) is 5.02 Å². The van der Waals surface area contributed by atoms with Crippen LogP contribution in [0.4, 0.5) is 5.69 Å². The number of hydrogen-bond donors (Lipinski definition) is 2. The van der Waals surface area contributed by atoms with Crippen molar-refractivity contribution in [3.05, 3.63) is 88.4 Å². The van der Waals surface area contributed by atoms with Crippen LogP contribution in [0, 0.1) is 5.41 Å². The maximum atomic E-state index is 13.6. The van der Waals surface area contributed by atoms with Gasteiger partial charge in [0, 0.05) is 34.9 Å². The lowest BCUT2D eigenvalue weighted by molar-refractivity contribution is 0.0673. The highest BCUT2D eigenvalue weighted by Crippen LogP contribution is 2.33. The second-order valence-corrected chi connectivity index (χ2v) is 9.63. The molecule has 0 spiro atoms. The van der Waals surface area contributed by atoms with E-state index in [9.17, 15) is 9.59 Å². The predicted molar refractivity (Wildman–Crippen MR) is 136 cm³/mol. The zero-order valence-electron chi connectivity index (χ0n) is 19.7. The first kappa shape index (κ1) is 24.6. The number of nitrogens with one attached hydrogen (secondary N) is 1. The van der Waals surface area contributed by atoms with Crippen LogP contribution >= 0.6 is 11.6 Å². The Labute approximate surface area is 209 Å². The Morgan fingerprint density at radius 3 is 2.49 bits per heavy atom. The van der Waals surface area contributed by atoms with Crippen LogP contribution in [-0.4, -0.2) is 36.6 Å². The van der Waals surface area contributed by atoms with E-state index >= 15 is 0 Å². The average Bonchev–Trinajstić information content (AvgIpc) is 3.33. The van der Waals surface area contributed by atoms with Gasteiger partial charge in [0.25, 0.3) is 11.8 Å². The molecule has 182 valence electrons. The molecule has 0 aliphatic carbocycles. The highest BCUT2D eigenvalue weighted by Gasteiger charge is 2.27. The van der Waals surface area contributed by atoms with Gasteiger partial charge in [0.15, 0.2) is 11.5 Å². The maximum Gasteiger partial charge on any atom is 0.255 e. The van der Waals surface area contributed by atoms with E-state index in [1.807, 2.05) is 19.9 Å². The number of ether oxygens (including phenoxy) is 2. The Hall–Kier alpha value is -3.55. The summed E-state index contributed by atoms with van der Waals surface area (Å²) in [6, 6.07) is 19.3. The lowest BCUT2D eigenvalue weighted by Gasteiger charge is -2.32. The lowest BCUT2D eigenvalue weighted by atomic mass is 9.92. The van der Waals surface area contributed by atoms with Crippen LogP contribution in [0.3, 0.4) is 0 Å². The largest absolute Gasteiger partial charge is 0.454 e. The third kappa shape index (κ3) is 5.93. The molecule has 0 aromatic heterocycles. The number of nitrogens with two attached hydrogens (primary N) is 1. The first-order chi connectivity index (χ1) is 16.8. The number of carbonyl (C=O) groups excluding carboxylic acids is 2. The number of fused-ring (bicyclic) bond motifs is 1. The molecule has 3 aromatic carbocycles. The van der Waals surface area contributed by atoms with Crippen molar-refractivity contribution in [2.75, 3.05) is 25.2 Å². The first-order valence-corrected chi connectivity index (χ1v) is 11.7. The molecular formula is C27H28ClN3O4. The van der Waals surface area contributed by atoms with E-state index in [-0.39, 0.29) is 30.6 Å². The maximum absolute atomic E-state index is 13.6. The summed E-state index contributed by atoms with van der Waals surface area (Å²) >= 11 is 6.51. The van der Waals surface area contributed by atoms with Gasteiger partial charge in [-0.25, -0.2) is 0 Å². The molecule has 4 rings (SSSR count). The highest BCUT2D eigenvalue weighted by molar-refractivity contribution is 6.31. The molecule has 3 N–H and O–H groups in total. The molecule has 8 heteroatoms. The van der Waals surface area contributed by atoms with Crippen molar-refractivity contribution in [1.82, 2.24) is 4.90 Å². The summed E-state index contributed by atoms with van der Waals surface area (Å²) in [5.74, 6) is 0.744. The van der Waals surface area contributed by atoms with Gasteiger partial charge in [-0.1, -0.05) is 43.6 Å². The fraction of sp³-hybridized carbons (Fsp3) is 0.259. The summed E-state index contributed by atoms with van der Waals surface area (Å²) in [5, 5.41) is 3.39. The quantitative estimate of drug-likeness (QED) is 0.463. The van der Waals surface area contributed by atoms with E-state index in [4.69, 9.17) is 26.8 Å². The van der Waals surface area contributed by atoms with E-state index in [2.05, 4.69) is 5.32 Å². The van der Waals surface area contributed by atoms with Crippen LogP contribution in [0.25, 0.3) is 0 Å². The summed E-state index contributed by atoms with van der Waals surface area (Å²) in [6.07, 6.45) is 0. The summed E-state index contributed by atoms with van der Waals surface area (Å²) < 4.78 is 10.8. The molecule has 1 heterocycles. The van der Waals surface area contributed by atoms with E-state index in [0.717, 1.165) is 0 Å². The van der Waals surface area contributed by atoms with Crippen LogP contribution in [0.15, 0.2) is 66.7 Å². The fourth-order valence-corrected chi connectivity index (χ4v) is 3.94. The SMILES string of the molecule is CC(C)(CN)CN(Cc1cc(NC(=O)c2ccccc2)ccc1Cl)C(=O)c1ccc2c(c1)OCO2. The minimum absolute atomic E-state index is 0.133. The Balaban J connectivity index is 1.59. The molecule has 0 unspecified atom stereocenters. The molecule has 2 amide bonds. The monoisotopic (exact) mass is 493 g/mol. The smallest absolute Gasteiger partial charge is 0.255 e. The molecule has 0 fully saturated rings. The van der Waals surface area contributed by atoms with E-state index in [1.54, 1.807) is 65.6 Å². The lowest BCUT2D eigenvalue weighted by Crippen LogP contribution is -2.41. The standard InChI is InChI=1S/C27H28ClN3O4/c1-27(2,15-29)16-31(26(33)19-8-11-23-24(13-19)35-17-34-23)14-20-12-21(9-10-22(20)28)30-25(32)18-6-4-3-5-7-18/h3-13H,14-17,29H2,1-2H3,(H,30,32). The Bertz CT molecular complexity index is 1230. The number of benzene rings is 3. The van der Waals surface area contributed by atoms with Gasteiger partial charge in [0.05, 0.1) is 0 Å². The number of nitrogens with zero attached hydrogens (tertiary/aromatic N) is 1. The molecule has 1 aliphatic heterocycles. The summed E-state index contributed by atoms with van der Waals surface area (Å²) in [4.78, 5) is 27.9. The molecule has 7 nitrogen and oxygen atoms in total. The number of hydrogen-bond acceptors (Lipinski definition) is 5. The molecular weight excluding hydrogens is 466 g/mol. The third-order valence-electron chi connectivity index (χ3n) is 5.78. The van der Waals surface area contributed by atoms with Gasteiger partial charge in [0.1, 0.15) is 0 Å². The Morgan fingerprint density at radius 1 is 1.00 bits per heavy atom. The normalized spacial score (nSPS) is 12.3. The second-order valence-electron chi connectivity index (χ2n) is 9.22. The zero-order valence-corrected chi connectivity index (χ0v) is 20.5. The molecule has 35 heavy (non-hydrogen) atoms. The van der Waals surface area contributed by atoms with Crippen molar-refractivity contribution in [2.24, 2.45) is 11.1 Å². The van der Waals surface area contributed by atoms with Gasteiger partial charge in [-0.15, -0.1) is 0 Å². The van der Waals surface area contributed by atoms with Gasteiger partial charge < -0.3 is 25.4 Å². The van der Waals surface area contributed by atoms with Crippen LogP contribution in [0.5, 0.6) is 11.5 Å². The molecule has 0 atom stereocenters. The Morgan fingerprint density at radius 2 is 1.74 bits per heavy atom. The topological polar surface area (TPSA) is 93.9 Å². The van der Waals surface area contributed by atoms with Gasteiger partial charge in [-0.3, -0.25) is 9.59 Å². The van der Waals surface area contributed by atoms with E-state index in [0.29, 0.717) is 52.0 Å². The molecule has 0 saturated carbocycles. The van der Waals surface area contributed by atoms with Crippen molar-refractivity contribution in [2.45, 2.75) is 20.4 Å². The number of carbonyl (C=O) groups is 2. The van der Waals surface area contributed by atoms with Gasteiger partial charge in [0.2, 0.25) is 6.79 Å². The minimum atomic E-state index is -0.322. The summed E-state index contributed by atoms with van der Waals surface area (Å²) in [7, 11) is 0. The number of rotatable bonds is 8. The van der Waals surface area contributed by atoms with E-state index < -0.39 is 0 Å². The number of amides is 2. The van der Waals surface area contributed by atoms with Crippen molar-refractivity contribution in [3.8, 4) is 11.5 Å². The number of halogens is 1. The fourth-order valence-electron chi connectivity index (χ4n) is 3.76. The summed E-state index contributed by atoms with van der Waals surface area (Å²) in [5.41, 5.74) is 7.98. The van der Waals surface area contributed by atoms with Crippen molar-refractivity contribution < 1.29 is 19.1 Å². The minimum Gasteiger partial charge on any atom is -0.454 e. The molecule has 0 radical (unpaired) electrons. The molecule has 1 aliphatic rings. The van der Waals surface area contributed by atoms with Gasteiger partial charge in [-0.05, 0) is 66.1 Å². The summed E-state index contributed by atoms with van der Waals surface area (Å²) in [6.45, 7) is 5.20. The number of anilines is 1. The predicted octanol–water partition coefficient (Wildman–Crippen LogP) is 4.95. The highest BCUT2D eigenvalue weighted by atomic mass is 35.5. The molecule has 3 aromatic rings. The molecule has 0 saturated heterocycles. The van der Waals surface area contributed by atoms with Crippen molar-refractivity contribution in [3.63, 3.8) is 0 Å². The van der Waals surface area contributed by atoms with Crippen LogP contribution < -0.4 is 20.5 Å². The second kappa shape index (κ2) is 10.4.